The molecule has 132 valence electrons. The maximum atomic E-state index is 12.7. The smallest absolute Gasteiger partial charge is 0.326 e. The first-order chi connectivity index (χ1) is 11.8. The van der Waals surface area contributed by atoms with Gasteiger partial charge in [-0.05, 0) is 24.6 Å². The monoisotopic (exact) mass is 369 g/mol. The van der Waals surface area contributed by atoms with Gasteiger partial charge in [-0.1, -0.05) is 6.07 Å². The number of anilines is 2. The van der Waals surface area contributed by atoms with Gasteiger partial charge in [0.15, 0.2) is 5.13 Å². The minimum absolute atomic E-state index is 0.00863. The number of benzene rings is 1. The van der Waals surface area contributed by atoms with Gasteiger partial charge in [0, 0.05) is 24.0 Å². The third-order valence-electron chi connectivity index (χ3n) is 3.66. The van der Waals surface area contributed by atoms with Crippen LogP contribution in [0.2, 0.25) is 0 Å². The van der Waals surface area contributed by atoms with E-state index in [-0.39, 0.29) is 18.0 Å². The average molecular weight is 369 g/mol. The maximum absolute atomic E-state index is 12.7. The second kappa shape index (κ2) is 6.83. The topological polar surface area (TPSA) is 62.3 Å². The zero-order valence-electron chi connectivity index (χ0n) is 13.0. The summed E-state index contributed by atoms with van der Waals surface area (Å²) in [5, 5.41) is 4.65. The van der Waals surface area contributed by atoms with E-state index in [4.69, 9.17) is 0 Å². The van der Waals surface area contributed by atoms with E-state index in [1.807, 2.05) is 0 Å². The lowest BCUT2D eigenvalue weighted by Crippen LogP contribution is -2.23. The van der Waals surface area contributed by atoms with Crippen LogP contribution in [0.3, 0.4) is 0 Å². The van der Waals surface area contributed by atoms with Crippen molar-refractivity contribution in [2.75, 3.05) is 16.8 Å². The van der Waals surface area contributed by atoms with Gasteiger partial charge in [0.05, 0.1) is 17.7 Å². The summed E-state index contributed by atoms with van der Waals surface area (Å²) in [5.74, 6) is -0.460. The Morgan fingerprint density at radius 3 is 2.84 bits per heavy atom. The van der Waals surface area contributed by atoms with Crippen molar-refractivity contribution < 1.29 is 22.8 Å². The number of amides is 2. The highest BCUT2D eigenvalue weighted by molar-refractivity contribution is 7.14. The first-order valence-electron chi connectivity index (χ1n) is 7.55. The third kappa shape index (κ3) is 4.16. The molecule has 0 atom stereocenters. The first-order valence-corrected chi connectivity index (χ1v) is 8.43. The molecule has 2 amide bonds. The van der Waals surface area contributed by atoms with Gasteiger partial charge in [0.25, 0.3) is 0 Å². The third-order valence-corrected chi connectivity index (χ3v) is 4.57. The lowest BCUT2D eigenvalue weighted by molar-refractivity contribution is -0.137. The standard InChI is InChI=1S/C16H14F3N3O2S/c17-16(18,19)10-3-1-4-11(7-10)20-13(23)8-12-9-25-15(21-12)22-6-2-5-14(22)24/h1,3-4,7,9H,2,5-6,8H2,(H,20,23). The molecule has 0 spiro atoms. The summed E-state index contributed by atoms with van der Waals surface area (Å²) in [5.41, 5.74) is -0.275. The molecule has 0 bridgehead atoms. The van der Waals surface area contributed by atoms with E-state index in [0.717, 1.165) is 18.6 Å². The van der Waals surface area contributed by atoms with Crippen LogP contribution in [0.15, 0.2) is 29.6 Å². The Morgan fingerprint density at radius 1 is 1.36 bits per heavy atom. The summed E-state index contributed by atoms with van der Waals surface area (Å²) < 4.78 is 38.0. The number of thiazole rings is 1. The molecule has 9 heteroatoms. The van der Waals surface area contributed by atoms with Gasteiger partial charge < -0.3 is 5.32 Å². The molecular weight excluding hydrogens is 355 g/mol. The van der Waals surface area contributed by atoms with E-state index in [2.05, 4.69) is 10.3 Å². The molecule has 1 saturated heterocycles. The molecule has 0 saturated carbocycles. The van der Waals surface area contributed by atoms with Crippen molar-refractivity contribution in [1.29, 1.82) is 0 Å². The molecule has 0 radical (unpaired) electrons. The van der Waals surface area contributed by atoms with Crippen molar-refractivity contribution in [2.45, 2.75) is 25.4 Å². The van der Waals surface area contributed by atoms with Crippen LogP contribution in [-0.4, -0.2) is 23.3 Å². The highest BCUT2D eigenvalue weighted by Crippen LogP contribution is 2.30. The SMILES string of the molecule is O=C(Cc1csc(N2CCCC2=O)n1)Nc1cccc(C(F)(F)F)c1. The number of carbonyl (C=O) groups is 2. The molecule has 1 aliphatic heterocycles. The van der Waals surface area contributed by atoms with Gasteiger partial charge in [-0.15, -0.1) is 11.3 Å². The van der Waals surface area contributed by atoms with Gasteiger partial charge in [0.2, 0.25) is 11.8 Å². The molecule has 5 nitrogen and oxygen atoms in total. The molecule has 1 N–H and O–H groups in total. The van der Waals surface area contributed by atoms with Crippen LogP contribution in [0.25, 0.3) is 0 Å². The molecule has 1 aromatic heterocycles. The van der Waals surface area contributed by atoms with Gasteiger partial charge in [-0.2, -0.15) is 13.2 Å². The van der Waals surface area contributed by atoms with Gasteiger partial charge in [-0.3, -0.25) is 14.5 Å². The zero-order valence-corrected chi connectivity index (χ0v) is 13.8. The molecular formula is C16H14F3N3O2S. The molecule has 2 heterocycles. The predicted octanol–water partition coefficient (Wildman–Crippen LogP) is 3.47. The van der Waals surface area contributed by atoms with Gasteiger partial charge in [-0.25, -0.2) is 4.98 Å². The summed E-state index contributed by atoms with van der Waals surface area (Å²) in [6, 6.07) is 4.45. The molecule has 0 unspecified atom stereocenters. The Labute approximate surface area is 145 Å². The molecule has 1 aromatic carbocycles. The van der Waals surface area contributed by atoms with E-state index < -0.39 is 17.6 Å². The van der Waals surface area contributed by atoms with Crippen LogP contribution in [0, 0.1) is 0 Å². The fourth-order valence-electron chi connectivity index (χ4n) is 2.49. The van der Waals surface area contributed by atoms with Crippen molar-refractivity contribution >= 4 is 34.0 Å². The number of halogens is 3. The number of nitrogens with zero attached hydrogens (tertiary/aromatic N) is 2. The normalized spacial score (nSPS) is 14.8. The van der Waals surface area contributed by atoms with Crippen molar-refractivity contribution in [1.82, 2.24) is 4.98 Å². The van der Waals surface area contributed by atoms with Gasteiger partial charge in [0.1, 0.15) is 0 Å². The predicted molar refractivity (Wildman–Crippen MR) is 87.5 cm³/mol. The Kier molecular flexibility index (Phi) is 4.76. The molecule has 1 fully saturated rings. The van der Waals surface area contributed by atoms with Crippen LogP contribution in [0.4, 0.5) is 24.0 Å². The fraction of sp³-hybridized carbons (Fsp3) is 0.312. The minimum atomic E-state index is -4.47. The number of hydrogen-bond acceptors (Lipinski definition) is 4. The lowest BCUT2D eigenvalue weighted by atomic mass is 10.2. The summed E-state index contributed by atoms with van der Waals surface area (Å²) in [7, 11) is 0. The van der Waals surface area contributed by atoms with Crippen molar-refractivity contribution in [3.8, 4) is 0 Å². The lowest BCUT2D eigenvalue weighted by Gasteiger charge is -2.10. The molecule has 3 rings (SSSR count). The second-order valence-electron chi connectivity index (χ2n) is 5.57. The average Bonchev–Trinajstić information content (AvgIpc) is 3.15. The number of rotatable bonds is 4. The second-order valence-corrected chi connectivity index (χ2v) is 6.41. The highest BCUT2D eigenvalue weighted by Gasteiger charge is 2.30. The van der Waals surface area contributed by atoms with Crippen LogP contribution in [-0.2, 0) is 22.2 Å². The number of alkyl halides is 3. The van der Waals surface area contributed by atoms with Crippen LogP contribution >= 0.6 is 11.3 Å². The molecule has 2 aromatic rings. The van der Waals surface area contributed by atoms with E-state index in [1.54, 1.807) is 10.3 Å². The summed E-state index contributed by atoms with van der Waals surface area (Å²) >= 11 is 1.27. The number of nitrogens with one attached hydrogen (secondary N) is 1. The summed E-state index contributed by atoms with van der Waals surface area (Å²) in [6.45, 7) is 0.613. The van der Waals surface area contributed by atoms with Crippen molar-refractivity contribution in [3.63, 3.8) is 0 Å². The fourth-order valence-corrected chi connectivity index (χ4v) is 3.36. The summed E-state index contributed by atoms with van der Waals surface area (Å²) in [4.78, 5) is 29.6. The number of carbonyl (C=O) groups excluding carboxylic acids is 2. The van der Waals surface area contributed by atoms with Crippen LogP contribution in [0.1, 0.15) is 24.1 Å². The Hall–Kier alpha value is -2.42. The first kappa shape index (κ1) is 17.4. The minimum Gasteiger partial charge on any atom is -0.326 e. The number of hydrogen-bond donors (Lipinski definition) is 1. The van der Waals surface area contributed by atoms with E-state index in [1.165, 1.54) is 23.5 Å². The van der Waals surface area contributed by atoms with E-state index in [9.17, 15) is 22.8 Å². The van der Waals surface area contributed by atoms with Crippen LogP contribution in [0.5, 0.6) is 0 Å². The van der Waals surface area contributed by atoms with E-state index >= 15 is 0 Å². The van der Waals surface area contributed by atoms with Gasteiger partial charge >= 0.3 is 6.18 Å². The summed E-state index contributed by atoms with van der Waals surface area (Å²) in [6.07, 6.45) is -3.27. The molecule has 25 heavy (non-hydrogen) atoms. The number of aromatic nitrogens is 1. The highest BCUT2D eigenvalue weighted by atomic mass is 32.1. The zero-order chi connectivity index (χ0) is 18.0. The van der Waals surface area contributed by atoms with Crippen molar-refractivity contribution in [3.05, 3.63) is 40.9 Å². The Morgan fingerprint density at radius 2 is 2.16 bits per heavy atom. The van der Waals surface area contributed by atoms with Crippen molar-refractivity contribution in [2.24, 2.45) is 0 Å². The van der Waals surface area contributed by atoms with E-state index in [0.29, 0.717) is 23.8 Å². The largest absolute Gasteiger partial charge is 0.416 e. The molecule has 0 aliphatic carbocycles. The molecule has 1 aliphatic rings. The quantitative estimate of drug-likeness (QED) is 0.898. The maximum Gasteiger partial charge on any atom is 0.416 e. The Balaban J connectivity index is 1.63. The van der Waals surface area contributed by atoms with Crippen LogP contribution < -0.4 is 10.2 Å². The Bertz CT molecular complexity index is 804.